The van der Waals surface area contributed by atoms with Crippen molar-refractivity contribution in [1.82, 2.24) is 4.98 Å². The number of rotatable bonds is 1. The van der Waals surface area contributed by atoms with Crippen LogP contribution in [0, 0.1) is 0 Å². The zero-order chi connectivity index (χ0) is 11.8. The second-order valence-corrected chi connectivity index (χ2v) is 5.65. The predicted octanol–water partition coefficient (Wildman–Crippen LogP) is 1.92. The number of hydrogen-bond acceptors (Lipinski definition) is 3. The van der Waals surface area contributed by atoms with Gasteiger partial charge in [-0.2, -0.15) is 0 Å². The fourth-order valence-electron chi connectivity index (χ4n) is 2.01. The van der Waals surface area contributed by atoms with E-state index in [9.17, 15) is 0 Å². The molecule has 1 fully saturated rings. The lowest BCUT2D eigenvalue weighted by Crippen LogP contribution is -2.27. The quantitative estimate of drug-likeness (QED) is 0.784. The van der Waals surface area contributed by atoms with Crippen LogP contribution in [-0.2, 0) is 5.41 Å². The number of nitrogens with two attached hydrogens (primary N) is 1. The fourth-order valence-corrected chi connectivity index (χ4v) is 2.01. The van der Waals surface area contributed by atoms with Gasteiger partial charge in [-0.3, -0.25) is 0 Å². The Balaban J connectivity index is 2.14. The Morgan fingerprint density at radius 3 is 2.56 bits per heavy atom. The van der Waals surface area contributed by atoms with Crippen LogP contribution in [0.4, 0.5) is 5.82 Å². The molecule has 88 valence electrons. The SMILES string of the molecule is CC(C)(C)c1ccc(N2CC[C@@H](N)C2)nc1. The molecule has 0 amide bonds. The van der Waals surface area contributed by atoms with Gasteiger partial charge < -0.3 is 10.6 Å². The lowest BCUT2D eigenvalue weighted by atomic mass is 9.88. The van der Waals surface area contributed by atoms with Gasteiger partial charge in [-0.1, -0.05) is 26.8 Å². The molecule has 3 heteroatoms. The highest BCUT2D eigenvalue weighted by molar-refractivity contribution is 5.41. The molecule has 1 saturated heterocycles. The van der Waals surface area contributed by atoms with Crippen LogP contribution in [0.3, 0.4) is 0 Å². The number of aromatic nitrogens is 1. The van der Waals surface area contributed by atoms with Crippen LogP contribution in [0.25, 0.3) is 0 Å². The minimum atomic E-state index is 0.174. The van der Waals surface area contributed by atoms with Gasteiger partial charge in [0.15, 0.2) is 0 Å². The van der Waals surface area contributed by atoms with Crippen LogP contribution in [0.2, 0.25) is 0 Å². The van der Waals surface area contributed by atoms with E-state index in [1.54, 1.807) is 0 Å². The van der Waals surface area contributed by atoms with E-state index in [4.69, 9.17) is 5.73 Å². The van der Waals surface area contributed by atoms with Crippen molar-refractivity contribution in [3.05, 3.63) is 23.9 Å². The molecule has 16 heavy (non-hydrogen) atoms. The molecule has 0 bridgehead atoms. The summed E-state index contributed by atoms with van der Waals surface area (Å²) in [5, 5.41) is 0. The standard InChI is InChI=1S/C13H21N3/c1-13(2,3)10-4-5-12(15-8-10)16-7-6-11(14)9-16/h4-5,8,11H,6-7,9,14H2,1-3H3/t11-/m1/s1. The van der Waals surface area contributed by atoms with Gasteiger partial charge in [0.25, 0.3) is 0 Å². The molecule has 1 aliphatic rings. The number of pyridine rings is 1. The van der Waals surface area contributed by atoms with Crippen molar-refractivity contribution in [2.75, 3.05) is 18.0 Å². The summed E-state index contributed by atoms with van der Waals surface area (Å²) in [6, 6.07) is 4.59. The number of nitrogens with zero attached hydrogens (tertiary/aromatic N) is 2. The predicted molar refractivity (Wildman–Crippen MR) is 67.7 cm³/mol. The van der Waals surface area contributed by atoms with Crippen LogP contribution in [0.5, 0.6) is 0 Å². The summed E-state index contributed by atoms with van der Waals surface area (Å²) in [4.78, 5) is 6.79. The Hall–Kier alpha value is -1.09. The van der Waals surface area contributed by atoms with E-state index in [0.29, 0.717) is 6.04 Å². The molecular weight excluding hydrogens is 198 g/mol. The zero-order valence-electron chi connectivity index (χ0n) is 10.4. The lowest BCUT2D eigenvalue weighted by molar-refractivity contribution is 0.587. The van der Waals surface area contributed by atoms with Gasteiger partial charge in [0, 0.05) is 25.3 Å². The van der Waals surface area contributed by atoms with Crippen LogP contribution in [-0.4, -0.2) is 24.1 Å². The average molecular weight is 219 g/mol. The molecule has 0 saturated carbocycles. The Bertz CT molecular complexity index is 350. The fraction of sp³-hybridized carbons (Fsp3) is 0.615. The highest BCUT2D eigenvalue weighted by Gasteiger charge is 2.21. The third-order valence-corrected chi connectivity index (χ3v) is 3.16. The van der Waals surface area contributed by atoms with Crippen molar-refractivity contribution in [3.63, 3.8) is 0 Å². The maximum atomic E-state index is 5.89. The Kier molecular flexibility index (Phi) is 2.89. The molecule has 0 spiro atoms. The van der Waals surface area contributed by atoms with Crippen molar-refractivity contribution in [3.8, 4) is 0 Å². The average Bonchev–Trinajstić information content (AvgIpc) is 2.64. The molecule has 3 nitrogen and oxygen atoms in total. The van der Waals surface area contributed by atoms with E-state index < -0.39 is 0 Å². The smallest absolute Gasteiger partial charge is 0.128 e. The van der Waals surface area contributed by atoms with E-state index in [1.165, 1.54) is 5.56 Å². The van der Waals surface area contributed by atoms with Crippen molar-refractivity contribution in [2.45, 2.75) is 38.6 Å². The maximum Gasteiger partial charge on any atom is 0.128 e. The van der Waals surface area contributed by atoms with Gasteiger partial charge in [0.1, 0.15) is 5.82 Å². The summed E-state index contributed by atoms with van der Waals surface area (Å²) >= 11 is 0. The van der Waals surface area contributed by atoms with Crippen molar-refractivity contribution in [1.29, 1.82) is 0 Å². The molecule has 2 rings (SSSR count). The van der Waals surface area contributed by atoms with E-state index in [1.807, 2.05) is 6.20 Å². The summed E-state index contributed by atoms with van der Waals surface area (Å²) in [7, 11) is 0. The molecule has 0 aliphatic carbocycles. The molecule has 2 heterocycles. The maximum absolute atomic E-state index is 5.89. The van der Waals surface area contributed by atoms with Gasteiger partial charge in [-0.05, 0) is 23.5 Å². The van der Waals surface area contributed by atoms with Gasteiger partial charge >= 0.3 is 0 Å². The summed E-state index contributed by atoms with van der Waals surface area (Å²) < 4.78 is 0. The first-order chi connectivity index (χ1) is 7.47. The number of hydrogen-bond donors (Lipinski definition) is 1. The summed E-state index contributed by atoms with van der Waals surface area (Å²) in [5.41, 5.74) is 7.34. The van der Waals surface area contributed by atoms with Crippen LogP contribution in [0.15, 0.2) is 18.3 Å². The third kappa shape index (κ3) is 2.35. The van der Waals surface area contributed by atoms with E-state index in [-0.39, 0.29) is 5.41 Å². The molecule has 2 N–H and O–H groups in total. The lowest BCUT2D eigenvalue weighted by Gasteiger charge is -2.21. The highest BCUT2D eigenvalue weighted by atomic mass is 15.2. The van der Waals surface area contributed by atoms with E-state index in [0.717, 1.165) is 25.3 Å². The number of anilines is 1. The van der Waals surface area contributed by atoms with Crippen LogP contribution < -0.4 is 10.6 Å². The molecule has 0 radical (unpaired) electrons. The van der Waals surface area contributed by atoms with Crippen molar-refractivity contribution < 1.29 is 0 Å². The van der Waals surface area contributed by atoms with Crippen LogP contribution in [0.1, 0.15) is 32.8 Å². The minimum Gasteiger partial charge on any atom is -0.355 e. The molecule has 1 atom stereocenters. The first-order valence-electron chi connectivity index (χ1n) is 5.94. The molecule has 0 aromatic carbocycles. The second-order valence-electron chi connectivity index (χ2n) is 5.65. The Labute approximate surface area is 97.7 Å². The van der Waals surface area contributed by atoms with Crippen LogP contribution >= 0.6 is 0 Å². The molecule has 0 unspecified atom stereocenters. The van der Waals surface area contributed by atoms with Crippen molar-refractivity contribution in [2.24, 2.45) is 5.73 Å². The monoisotopic (exact) mass is 219 g/mol. The Morgan fingerprint density at radius 2 is 2.12 bits per heavy atom. The topological polar surface area (TPSA) is 42.1 Å². The molecule has 1 aliphatic heterocycles. The summed E-state index contributed by atoms with van der Waals surface area (Å²) in [6.07, 6.45) is 3.06. The van der Waals surface area contributed by atoms with Gasteiger partial charge in [-0.15, -0.1) is 0 Å². The zero-order valence-corrected chi connectivity index (χ0v) is 10.4. The normalized spacial score (nSPS) is 21.5. The first kappa shape index (κ1) is 11.4. The van der Waals surface area contributed by atoms with E-state index >= 15 is 0 Å². The first-order valence-corrected chi connectivity index (χ1v) is 5.94. The van der Waals surface area contributed by atoms with Gasteiger partial charge in [0.05, 0.1) is 0 Å². The van der Waals surface area contributed by atoms with Gasteiger partial charge in [0.2, 0.25) is 0 Å². The van der Waals surface area contributed by atoms with Gasteiger partial charge in [-0.25, -0.2) is 4.98 Å². The minimum absolute atomic E-state index is 0.174. The second kappa shape index (κ2) is 4.06. The largest absolute Gasteiger partial charge is 0.355 e. The highest BCUT2D eigenvalue weighted by Crippen LogP contribution is 2.24. The molecule has 1 aromatic rings. The third-order valence-electron chi connectivity index (χ3n) is 3.16. The summed E-state index contributed by atoms with van der Waals surface area (Å²) in [6.45, 7) is 8.57. The molecule has 1 aromatic heterocycles. The van der Waals surface area contributed by atoms with Crippen molar-refractivity contribution >= 4 is 5.82 Å². The van der Waals surface area contributed by atoms with E-state index in [2.05, 4.69) is 42.8 Å². The molecular formula is C13H21N3. The Morgan fingerprint density at radius 1 is 1.38 bits per heavy atom. The summed E-state index contributed by atoms with van der Waals surface area (Å²) in [5.74, 6) is 1.06.